The molecule has 1 aromatic carbocycles. The Kier molecular flexibility index (Phi) is 2.96. The molecule has 0 fully saturated rings. The van der Waals surface area contributed by atoms with E-state index in [4.69, 9.17) is 14.2 Å². The van der Waals surface area contributed by atoms with Crippen LogP contribution in [0.3, 0.4) is 0 Å². The molecule has 0 aromatic heterocycles. The molecule has 0 spiro atoms. The van der Waals surface area contributed by atoms with Gasteiger partial charge in [-0.2, -0.15) is 0 Å². The third-order valence-corrected chi connectivity index (χ3v) is 2.19. The predicted molar refractivity (Wildman–Crippen MR) is 62.6 cm³/mol. The van der Waals surface area contributed by atoms with Crippen molar-refractivity contribution in [1.29, 1.82) is 0 Å². The van der Waals surface area contributed by atoms with Gasteiger partial charge in [0, 0.05) is 0 Å². The van der Waals surface area contributed by atoms with Crippen LogP contribution in [0.25, 0.3) is 0 Å². The Balaban J connectivity index is 2.29. The van der Waals surface area contributed by atoms with Crippen molar-refractivity contribution in [2.75, 3.05) is 13.2 Å². The fourth-order valence-corrected chi connectivity index (χ4v) is 1.57. The SMILES string of the molecule is CC(C)(C)OC(=O)c1cccc2c1OCCO2. The van der Waals surface area contributed by atoms with Crippen LogP contribution in [0.5, 0.6) is 11.5 Å². The van der Waals surface area contributed by atoms with Crippen molar-refractivity contribution < 1.29 is 19.0 Å². The van der Waals surface area contributed by atoms with Crippen molar-refractivity contribution in [3.63, 3.8) is 0 Å². The molecule has 4 heteroatoms. The molecule has 4 nitrogen and oxygen atoms in total. The molecule has 17 heavy (non-hydrogen) atoms. The number of hydrogen-bond donors (Lipinski definition) is 0. The lowest BCUT2D eigenvalue weighted by Gasteiger charge is -2.23. The molecule has 0 amide bonds. The van der Waals surface area contributed by atoms with Gasteiger partial charge < -0.3 is 14.2 Å². The molecule has 0 radical (unpaired) electrons. The molecule has 1 heterocycles. The molecular weight excluding hydrogens is 220 g/mol. The molecular formula is C13H16O4. The highest BCUT2D eigenvalue weighted by Crippen LogP contribution is 2.34. The fraction of sp³-hybridized carbons (Fsp3) is 0.462. The minimum absolute atomic E-state index is 0.389. The van der Waals surface area contributed by atoms with Crippen LogP contribution < -0.4 is 9.47 Å². The Morgan fingerprint density at radius 2 is 1.94 bits per heavy atom. The summed E-state index contributed by atoms with van der Waals surface area (Å²) in [6.07, 6.45) is 0. The Hall–Kier alpha value is -1.71. The number of carbonyl (C=O) groups is 1. The zero-order chi connectivity index (χ0) is 12.5. The van der Waals surface area contributed by atoms with Crippen LogP contribution >= 0.6 is 0 Å². The zero-order valence-corrected chi connectivity index (χ0v) is 10.3. The van der Waals surface area contributed by atoms with E-state index in [9.17, 15) is 4.79 Å². The summed E-state index contributed by atoms with van der Waals surface area (Å²) in [6.45, 7) is 6.45. The maximum atomic E-state index is 12.0. The predicted octanol–water partition coefficient (Wildman–Crippen LogP) is 2.41. The number of carbonyl (C=O) groups excluding carboxylic acids is 1. The lowest BCUT2D eigenvalue weighted by atomic mass is 10.1. The monoisotopic (exact) mass is 236 g/mol. The van der Waals surface area contributed by atoms with Gasteiger partial charge in [0.2, 0.25) is 0 Å². The number of benzene rings is 1. The van der Waals surface area contributed by atoms with E-state index in [1.165, 1.54) is 0 Å². The quantitative estimate of drug-likeness (QED) is 0.702. The van der Waals surface area contributed by atoms with Crippen molar-refractivity contribution in [2.45, 2.75) is 26.4 Å². The molecule has 0 N–H and O–H groups in total. The summed E-state index contributed by atoms with van der Waals surface area (Å²) in [6, 6.07) is 5.22. The second-order valence-corrected chi connectivity index (χ2v) is 4.83. The van der Waals surface area contributed by atoms with Gasteiger partial charge >= 0.3 is 5.97 Å². The molecule has 0 atom stereocenters. The van der Waals surface area contributed by atoms with Gasteiger partial charge in [-0.1, -0.05) is 6.07 Å². The molecule has 1 aliphatic heterocycles. The van der Waals surface area contributed by atoms with Crippen LogP contribution in [0.2, 0.25) is 0 Å². The van der Waals surface area contributed by atoms with Gasteiger partial charge in [-0.15, -0.1) is 0 Å². The van der Waals surface area contributed by atoms with Crippen molar-refractivity contribution >= 4 is 5.97 Å². The molecule has 0 aliphatic carbocycles. The number of fused-ring (bicyclic) bond motifs is 1. The lowest BCUT2D eigenvalue weighted by molar-refractivity contribution is 0.00627. The van der Waals surface area contributed by atoms with Crippen molar-refractivity contribution in [1.82, 2.24) is 0 Å². The highest BCUT2D eigenvalue weighted by Gasteiger charge is 2.24. The summed E-state index contributed by atoms with van der Waals surface area (Å²) in [5, 5.41) is 0. The standard InChI is InChI=1S/C13H16O4/c1-13(2,3)17-12(14)9-5-4-6-10-11(9)16-8-7-15-10/h4-6H,7-8H2,1-3H3. The van der Waals surface area contributed by atoms with E-state index in [-0.39, 0.29) is 5.97 Å². The summed E-state index contributed by atoms with van der Waals surface area (Å²) >= 11 is 0. The molecule has 0 unspecified atom stereocenters. The van der Waals surface area contributed by atoms with Gasteiger partial charge in [0.1, 0.15) is 24.4 Å². The van der Waals surface area contributed by atoms with E-state index >= 15 is 0 Å². The van der Waals surface area contributed by atoms with E-state index in [1.807, 2.05) is 20.8 Å². The number of hydrogen-bond acceptors (Lipinski definition) is 4. The first-order valence-corrected chi connectivity index (χ1v) is 5.59. The minimum atomic E-state index is -0.519. The maximum Gasteiger partial charge on any atom is 0.342 e. The van der Waals surface area contributed by atoms with Gasteiger partial charge in [-0.05, 0) is 32.9 Å². The second-order valence-electron chi connectivity index (χ2n) is 4.83. The Morgan fingerprint density at radius 3 is 2.65 bits per heavy atom. The number of para-hydroxylation sites is 1. The maximum absolute atomic E-state index is 12.0. The summed E-state index contributed by atoms with van der Waals surface area (Å²) in [4.78, 5) is 12.0. The lowest BCUT2D eigenvalue weighted by Crippen LogP contribution is -2.25. The molecule has 0 saturated heterocycles. The van der Waals surface area contributed by atoms with Crippen molar-refractivity contribution in [2.24, 2.45) is 0 Å². The van der Waals surface area contributed by atoms with Crippen LogP contribution in [0, 0.1) is 0 Å². The van der Waals surface area contributed by atoms with E-state index in [0.29, 0.717) is 30.3 Å². The third-order valence-electron chi connectivity index (χ3n) is 2.19. The third kappa shape index (κ3) is 2.70. The Labute approximate surface area is 100 Å². The molecule has 0 bridgehead atoms. The van der Waals surface area contributed by atoms with Crippen LogP contribution in [0.4, 0.5) is 0 Å². The molecule has 2 rings (SSSR count). The van der Waals surface area contributed by atoms with Gasteiger partial charge in [-0.3, -0.25) is 0 Å². The van der Waals surface area contributed by atoms with Gasteiger partial charge in [0.05, 0.1) is 0 Å². The first kappa shape index (κ1) is 11.8. The largest absolute Gasteiger partial charge is 0.486 e. The smallest absolute Gasteiger partial charge is 0.342 e. The first-order chi connectivity index (χ1) is 7.97. The van der Waals surface area contributed by atoms with Gasteiger partial charge in [-0.25, -0.2) is 4.79 Å². The van der Waals surface area contributed by atoms with Gasteiger partial charge in [0.15, 0.2) is 11.5 Å². The van der Waals surface area contributed by atoms with Gasteiger partial charge in [0.25, 0.3) is 0 Å². The summed E-state index contributed by atoms with van der Waals surface area (Å²) in [7, 11) is 0. The molecule has 0 saturated carbocycles. The zero-order valence-electron chi connectivity index (χ0n) is 10.3. The van der Waals surface area contributed by atoms with Crippen LogP contribution in [-0.2, 0) is 4.74 Å². The number of esters is 1. The van der Waals surface area contributed by atoms with E-state index < -0.39 is 5.60 Å². The summed E-state index contributed by atoms with van der Waals surface area (Å²) in [5.41, 5.74) is -0.105. The first-order valence-electron chi connectivity index (χ1n) is 5.59. The Bertz CT molecular complexity index is 432. The topological polar surface area (TPSA) is 44.8 Å². The molecule has 1 aromatic rings. The highest BCUT2D eigenvalue weighted by atomic mass is 16.6. The second kappa shape index (κ2) is 4.28. The summed E-state index contributed by atoms with van der Waals surface area (Å²) in [5.74, 6) is 0.687. The molecule has 92 valence electrons. The van der Waals surface area contributed by atoms with Crippen LogP contribution in [0.1, 0.15) is 31.1 Å². The van der Waals surface area contributed by atoms with Crippen LogP contribution in [-0.4, -0.2) is 24.8 Å². The van der Waals surface area contributed by atoms with E-state index in [1.54, 1.807) is 18.2 Å². The van der Waals surface area contributed by atoms with E-state index in [2.05, 4.69) is 0 Å². The van der Waals surface area contributed by atoms with E-state index in [0.717, 1.165) is 0 Å². The van der Waals surface area contributed by atoms with Crippen molar-refractivity contribution in [3.05, 3.63) is 23.8 Å². The Morgan fingerprint density at radius 1 is 1.24 bits per heavy atom. The van der Waals surface area contributed by atoms with Crippen LogP contribution in [0.15, 0.2) is 18.2 Å². The average Bonchev–Trinajstić information content (AvgIpc) is 2.26. The minimum Gasteiger partial charge on any atom is -0.486 e. The highest BCUT2D eigenvalue weighted by molar-refractivity contribution is 5.93. The fourth-order valence-electron chi connectivity index (χ4n) is 1.57. The number of rotatable bonds is 1. The average molecular weight is 236 g/mol. The molecule has 1 aliphatic rings. The normalized spacial score (nSPS) is 14.3. The number of ether oxygens (including phenoxy) is 3. The van der Waals surface area contributed by atoms with Crippen molar-refractivity contribution in [3.8, 4) is 11.5 Å². The summed E-state index contributed by atoms with van der Waals surface area (Å²) < 4.78 is 16.2.